The Balaban J connectivity index is 2.09. The summed E-state index contributed by atoms with van der Waals surface area (Å²) in [6.45, 7) is 3.67. The van der Waals surface area contributed by atoms with Crippen LogP contribution in [-0.4, -0.2) is 23.6 Å². The smallest absolute Gasteiger partial charge is 0.136 e. The molecule has 1 aliphatic carbocycles. The van der Waals surface area contributed by atoms with Gasteiger partial charge in [0.1, 0.15) is 11.6 Å². The van der Waals surface area contributed by atoms with Crippen molar-refractivity contribution in [2.75, 3.05) is 19.0 Å². The van der Waals surface area contributed by atoms with E-state index in [1.165, 1.54) is 18.5 Å². The van der Waals surface area contributed by atoms with Crippen molar-refractivity contribution < 1.29 is 4.74 Å². The molecule has 0 spiro atoms. The lowest BCUT2D eigenvalue weighted by atomic mass is 10.1. The van der Waals surface area contributed by atoms with Crippen molar-refractivity contribution in [3.8, 4) is 0 Å². The van der Waals surface area contributed by atoms with Crippen molar-refractivity contribution in [1.29, 1.82) is 0 Å². The molecule has 1 aliphatic heterocycles. The molecule has 2 heterocycles. The Kier molecular flexibility index (Phi) is 2.14. The molecule has 0 amide bonds. The number of anilines is 1. The highest BCUT2D eigenvalue weighted by molar-refractivity contribution is 5.47. The Morgan fingerprint density at radius 1 is 1.31 bits per heavy atom. The van der Waals surface area contributed by atoms with E-state index in [1.54, 1.807) is 0 Å². The number of rotatable bonds is 2. The van der Waals surface area contributed by atoms with Crippen LogP contribution in [0.3, 0.4) is 0 Å². The van der Waals surface area contributed by atoms with E-state index in [9.17, 15) is 0 Å². The molecule has 0 radical (unpaired) electrons. The molecule has 3 rings (SSSR count). The van der Waals surface area contributed by atoms with Gasteiger partial charge in [-0.3, -0.25) is 0 Å². The second-order valence-corrected chi connectivity index (χ2v) is 4.93. The number of aromatic nitrogens is 2. The van der Waals surface area contributed by atoms with Gasteiger partial charge in [-0.1, -0.05) is 6.92 Å². The number of hydrogen-bond donors (Lipinski definition) is 1. The summed E-state index contributed by atoms with van der Waals surface area (Å²) in [6.07, 6.45) is 3.34. The lowest BCUT2D eigenvalue weighted by Gasteiger charge is -2.20. The largest absolute Gasteiger partial charge is 0.376 e. The van der Waals surface area contributed by atoms with Crippen LogP contribution in [-0.2, 0) is 23.2 Å². The van der Waals surface area contributed by atoms with E-state index in [0.29, 0.717) is 6.61 Å². The predicted octanol–water partition coefficient (Wildman–Crippen LogP) is 1.64. The van der Waals surface area contributed by atoms with Crippen LogP contribution in [0, 0.1) is 0 Å². The van der Waals surface area contributed by atoms with Gasteiger partial charge in [-0.2, -0.15) is 0 Å². The average Bonchev–Trinajstić information content (AvgIpc) is 3.07. The summed E-state index contributed by atoms with van der Waals surface area (Å²) < 4.78 is 5.46. The molecular weight excluding hydrogens is 202 g/mol. The van der Waals surface area contributed by atoms with E-state index in [1.807, 2.05) is 7.05 Å². The maximum absolute atomic E-state index is 5.46. The monoisotopic (exact) mass is 219 g/mol. The highest BCUT2D eigenvalue weighted by Gasteiger charge is 2.42. The molecule has 0 atom stereocenters. The van der Waals surface area contributed by atoms with Gasteiger partial charge in [-0.25, -0.2) is 9.97 Å². The normalized spacial score (nSPS) is 21.4. The lowest BCUT2D eigenvalue weighted by Crippen LogP contribution is -2.19. The molecule has 16 heavy (non-hydrogen) atoms. The van der Waals surface area contributed by atoms with Gasteiger partial charge in [0.2, 0.25) is 0 Å². The number of nitrogens with zero attached hydrogens (tertiary/aromatic N) is 2. The molecular formula is C12H17N3O. The number of ether oxygens (including phenoxy) is 1. The van der Waals surface area contributed by atoms with Crippen LogP contribution in [0.25, 0.3) is 0 Å². The van der Waals surface area contributed by atoms with Gasteiger partial charge in [0.15, 0.2) is 0 Å². The summed E-state index contributed by atoms with van der Waals surface area (Å²) in [5.74, 6) is 1.96. The summed E-state index contributed by atoms with van der Waals surface area (Å²) >= 11 is 0. The molecule has 0 saturated heterocycles. The minimum atomic E-state index is 0.235. The van der Waals surface area contributed by atoms with E-state index in [4.69, 9.17) is 9.72 Å². The standard InChI is InChI=1S/C12H17N3O/c1-12(4-5-12)11-14-9-3-6-16-7-8(9)10(13-2)15-11/h3-7H2,1-2H3,(H,13,14,15). The first-order valence-electron chi connectivity index (χ1n) is 5.89. The molecule has 0 bridgehead atoms. The van der Waals surface area contributed by atoms with Crippen LogP contribution in [0.5, 0.6) is 0 Å². The van der Waals surface area contributed by atoms with Crippen LogP contribution in [0.4, 0.5) is 5.82 Å². The molecule has 1 aromatic heterocycles. The summed E-state index contributed by atoms with van der Waals surface area (Å²) in [5, 5.41) is 3.16. The molecule has 86 valence electrons. The van der Waals surface area contributed by atoms with Crippen molar-refractivity contribution in [1.82, 2.24) is 9.97 Å². The van der Waals surface area contributed by atoms with E-state index in [-0.39, 0.29) is 5.41 Å². The quantitative estimate of drug-likeness (QED) is 0.821. The van der Waals surface area contributed by atoms with Gasteiger partial charge < -0.3 is 10.1 Å². The highest BCUT2D eigenvalue weighted by atomic mass is 16.5. The Morgan fingerprint density at radius 3 is 2.81 bits per heavy atom. The van der Waals surface area contributed by atoms with Crippen LogP contribution < -0.4 is 5.32 Å². The number of hydrogen-bond acceptors (Lipinski definition) is 4. The van der Waals surface area contributed by atoms with Gasteiger partial charge in [-0.15, -0.1) is 0 Å². The highest BCUT2D eigenvalue weighted by Crippen LogP contribution is 2.46. The summed E-state index contributed by atoms with van der Waals surface area (Å²) in [6, 6.07) is 0. The van der Waals surface area contributed by atoms with E-state index >= 15 is 0 Å². The zero-order valence-electron chi connectivity index (χ0n) is 9.84. The fourth-order valence-electron chi connectivity index (χ4n) is 2.12. The third kappa shape index (κ3) is 1.48. The van der Waals surface area contributed by atoms with E-state index in [2.05, 4.69) is 17.2 Å². The second-order valence-electron chi connectivity index (χ2n) is 4.93. The molecule has 2 aliphatic rings. The molecule has 1 fully saturated rings. The van der Waals surface area contributed by atoms with Crippen molar-refractivity contribution in [3.05, 3.63) is 17.1 Å². The fraction of sp³-hybridized carbons (Fsp3) is 0.667. The third-order valence-corrected chi connectivity index (χ3v) is 3.60. The predicted molar refractivity (Wildman–Crippen MR) is 61.5 cm³/mol. The first-order valence-corrected chi connectivity index (χ1v) is 5.89. The van der Waals surface area contributed by atoms with Crippen molar-refractivity contribution in [2.45, 2.75) is 38.2 Å². The Hall–Kier alpha value is -1.16. The number of nitrogens with one attached hydrogen (secondary N) is 1. The SMILES string of the molecule is CNc1nc(C2(C)CC2)nc2c1COCC2. The minimum absolute atomic E-state index is 0.235. The minimum Gasteiger partial charge on any atom is -0.376 e. The molecule has 4 heteroatoms. The van der Waals surface area contributed by atoms with Gasteiger partial charge in [0.25, 0.3) is 0 Å². The summed E-state index contributed by atoms with van der Waals surface area (Å²) in [5.41, 5.74) is 2.55. The van der Waals surface area contributed by atoms with E-state index < -0.39 is 0 Å². The second kappa shape index (κ2) is 3.42. The van der Waals surface area contributed by atoms with Crippen molar-refractivity contribution >= 4 is 5.82 Å². The number of fused-ring (bicyclic) bond motifs is 1. The molecule has 0 aromatic carbocycles. The fourth-order valence-corrected chi connectivity index (χ4v) is 2.12. The van der Waals surface area contributed by atoms with Crippen LogP contribution in [0.2, 0.25) is 0 Å². The van der Waals surface area contributed by atoms with Gasteiger partial charge >= 0.3 is 0 Å². The Labute approximate surface area is 95.4 Å². The first kappa shape index (κ1) is 10.0. The van der Waals surface area contributed by atoms with Crippen LogP contribution in [0.1, 0.15) is 36.8 Å². The van der Waals surface area contributed by atoms with Crippen molar-refractivity contribution in [2.24, 2.45) is 0 Å². The molecule has 0 unspecified atom stereocenters. The van der Waals surface area contributed by atoms with Crippen molar-refractivity contribution in [3.63, 3.8) is 0 Å². The van der Waals surface area contributed by atoms with Gasteiger partial charge in [0, 0.05) is 24.4 Å². The third-order valence-electron chi connectivity index (χ3n) is 3.60. The maximum atomic E-state index is 5.46. The zero-order valence-corrected chi connectivity index (χ0v) is 9.84. The first-order chi connectivity index (χ1) is 7.73. The molecule has 1 aromatic rings. The maximum Gasteiger partial charge on any atom is 0.136 e. The van der Waals surface area contributed by atoms with Gasteiger partial charge in [-0.05, 0) is 12.8 Å². The summed E-state index contributed by atoms with van der Waals surface area (Å²) in [4.78, 5) is 9.36. The molecule has 1 saturated carbocycles. The van der Waals surface area contributed by atoms with Crippen LogP contribution >= 0.6 is 0 Å². The zero-order chi connectivity index (χ0) is 11.2. The van der Waals surface area contributed by atoms with E-state index in [0.717, 1.165) is 30.2 Å². The Morgan fingerprint density at radius 2 is 2.12 bits per heavy atom. The Bertz CT molecular complexity index is 409. The molecule has 4 nitrogen and oxygen atoms in total. The van der Waals surface area contributed by atoms with Gasteiger partial charge in [0.05, 0.1) is 18.9 Å². The molecule has 1 N–H and O–H groups in total. The lowest BCUT2D eigenvalue weighted by molar-refractivity contribution is 0.109. The topological polar surface area (TPSA) is 47.0 Å². The van der Waals surface area contributed by atoms with Crippen LogP contribution in [0.15, 0.2) is 0 Å². The summed E-state index contributed by atoms with van der Waals surface area (Å²) in [7, 11) is 1.91. The average molecular weight is 219 g/mol.